The summed E-state index contributed by atoms with van der Waals surface area (Å²) in [5, 5.41) is 11.8. The van der Waals surface area contributed by atoms with Gasteiger partial charge in [-0.15, -0.1) is 6.58 Å². The van der Waals surface area contributed by atoms with Crippen LogP contribution in [0.4, 0.5) is 4.79 Å². The van der Waals surface area contributed by atoms with Gasteiger partial charge in [-0.05, 0) is 13.8 Å². The van der Waals surface area contributed by atoms with Gasteiger partial charge in [-0.1, -0.05) is 6.08 Å². The number of carbonyl (C=O) groups excluding carboxylic acids is 1. The molecule has 6 nitrogen and oxygen atoms in total. The summed E-state index contributed by atoms with van der Waals surface area (Å²) in [4.78, 5) is 24.9. The van der Waals surface area contributed by atoms with Crippen molar-refractivity contribution in [3.05, 3.63) is 12.7 Å². The van der Waals surface area contributed by atoms with Crippen LogP contribution in [-0.2, 0) is 9.53 Å². The molecule has 1 aliphatic heterocycles. The van der Waals surface area contributed by atoms with Crippen molar-refractivity contribution in [1.29, 1.82) is 0 Å². The number of urea groups is 1. The Labute approximate surface area is 107 Å². The highest BCUT2D eigenvalue weighted by molar-refractivity contribution is 5.86. The van der Waals surface area contributed by atoms with E-state index in [1.54, 1.807) is 6.08 Å². The first-order valence-corrected chi connectivity index (χ1v) is 5.94. The number of hydrogen-bond acceptors (Lipinski definition) is 3. The number of carboxylic acid groups (broad SMARTS) is 1. The largest absolute Gasteiger partial charge is 0.479 e. The number of nitrogens with one attached hydrogen (secondary N) is 1. The van der Waals surface area contributed by atoms with Gasteiger partial charge in [-0.3, -0.25) is 0 Å². The van der Waals surface area contributed by atoms with E-state index in [0.717, 1.165) is 0 Å². The summed E-state index contributed by atoms with van der Waals surface area (Å²) in [7, 11) is 0. The molecule has 1 fully saturated rings. The fourth-order valence-electron chi connectivity index (χ4n) is 1.83. The number of hydrogen-bond donors (Lipinski definition) is 2. The summed E-state index contributed by atoms with van der Waals surface area (Å²) in [6, 6.07) is -0.436. The molecule has 1 atom stereocenters. The first-order valence-electron chi connectivity index (χ1n) is 5.94. The van der Waals surface area contributed by atoms with Gasteiger partial charge in [-0.2, -0.15) is 0 Å². The van der Waals surface area contributed by atoms with Gasteiger partial charge in [0.05, 0.1) is 6.61 Å². The van der Waals surface area contributed by atoms with E-state index in [0.29, 0.717) is 13.2 Å². The summed E-state index contributed by atoms with van der Waals surface area (Å²) in [5.41, 5.74) is -1.30. The van der Waals surface area contributed by atoms with Crippen LogP contribution in [-0.4, -0.2) is 53.3 Å². The van der Waals surface area contributed by atoms with Gasteiger partial charge < -0.3 is 20.1 Å². The molecule has 1 unspecified atom stereocenters. The lowest BCUT2D eigenvalue weighted by Crippen LogP contribution is -2.59. The smallest absolute Gasteiger partial charge is 0.332 e. The van der Waals surface area contributed by atoms with Gasteiger partial charge in [0.1, 0.15) is 0 Å². The van der Waals surface area contributed by atoms with Crippen LogP contribution in [0.2, 0.25) is 0 Å². The topological polar surface area (TPSA) is 78.9 Å². The molecule has 0 aromatic rings. The van der Waals surface area contributed by atoms with Crippen molar-refractivity contribution in [2.24, 2.45) is 0 Å². The summed E-state index contributed by atoms with van der Waals surface area (Å²) in [6.07, 6.45) is 1.90. The van der Waals surface area contributed by atoms with Crippen molar-refractivity contribution < 1.29 is 19.4 Å². The molecule has 102 valence electrons. The SMILES string of the molecule is C=CCN(C(=O)NC1(C(=O)O)CCOC1)C(C)C. The zero-order valence-electron chi connectivity index (χ0n) is 10.8. The highest BCUT2D eigenvalue weighted by Crippen LogP contribution is 2.19. The van der Waals surface area contributed by atoms with Gasteiger partial charge in [0.2, 0.25) is 0 Å². The molecule has 2 N–H and O–H groups in total. The third-order valence-electron chi connectivity index (χ3n) is 2.99. The van der Waals surface area contributed by atoms with E-state index in [4.69, 9.17) is 4.74 Å². The molecule has 0 radical (unpaired) electrons. The molecular weight excluding hydrogens is 236 g/mol. The Hall–Kier alpha value is -1.56. The minimum Gasteiger partial charge on any atom is -0.479 e. The minimum atomic E-state index is -1.30. The number of nitrogens with zero attached hydrogens (tertiary/aromatic N) is 1. The normalized spacial score (nSPS) is 22.8. The van der Waals surface area contributed by atoms with Crippen molar-refractivity contribution in [3.8, 4) is 0 Å². The fraction of sp³-hybridized carbons (Fsp3) is 0.667. The molecule has 0 aliphatic carbocycles. The van der Waals surface area contributed by atoms with Crippen molar-refractivity contribution in [2.45, 2.75) is 31.8 Å². The maximum atomic E-state index is 12.1. The number of carboxylic acids is 1. The summed E-state index contributed by atoms with van der Waals surface area (Å²) in [5.74, 6) is -1.06. The van der Waals surface area contributed by atoms with Crippen LogP contribution >= 0.6 is 0 Å². The molecule has 1 rings (SSSR count). The molecule has 0 aromatic heterocycles. The van der Waals surface area contributed by atoms with E-state index in [-0.39, 0.29) is 19.1 Å². The molecule has 2 amide bonds. The third-order valence-corrected chi connectivity index (χ3v) is 2.99. The maximum Gasteiger partial charge on any atom is 0.332 e. The molecule has 6 heteroatoms. The van der Waals surface area contributed by atoms with Crippen LogP contribution in [0, 0.1) is 0 Å². The molecule has 0 spiro atoms. The molecule has 1 saturated heterocycles. The summed E-state index contributed by atoms with van der Waals surface area (Å²) < 4.78 is 5.09. The number of aliphatic carboxylic acids is 1. The van der Waals surface area contributed by atoms with E-state index in [2.05, 4.69) is 11.9 Å². The number of ether oxygens (including phenoxy) is 1. The zero-order chi connectivity index (χ0) is 13.8. The average molecular weight is 256 g/mol. The van der Waals surface area contributed by atoms with E-state index >= 15 is 0 Å². The monoisotopic (exact) mass is 256 g/mol. The minimum absolute atomic E-state index is 0.00803. The average Bonchev–Trinajstić information content (AvgIpc) is 2.75. The van der Waals surface area contributed by atoms with Crippen LogP contribution in [0.15, 0.2) is 12.7 Å². The molecule has 0 aromatic carbocycles. The van der Waals surface area contributed by atoms with Gasteiger partial charge in [0, 0.05) is 25.6 Å². The van der Waals surface area contributed by atoms with Crippen molar-refractivity contribution in [1.82, 2.24) is 10.2 Å². The van der Waals surface area contributed by atoms with E-state index < -0.39 is 17.5 Å². The molecule has 1 heterocycles. The van der Waals surface area contributed by atoms with E-state index in [1.807, 2.05) is 13.8 Å². The summed E-state index contributed by atoms with van der Waals surface area (Å²) >= 11 is 0. The van der Waals surface area contributed by atoms with E-state index in [9.17, 15) is 14.7 Å². The lowest BCUT2D eigenvalue weighted by Gasteiger charge is -2.31. The zero-order valence-corrected chi connectivity index (χ0v) is 10.8. The van der Waals surface area contributed by atoms with E-state index in [1.165, 1.54) is 4.90 Å². The fourth-order valence-corrected chi connectivity index (χ4v) is 1.83. The van der Waals surface area contributed by atoms with Gasteiger partial charge in [0.15, 0.2) is 5.54 Å². The molecule has 18 heavy (non-hydrogen) atoms. The second-order valence-corrected chi connectivity index (χ2v) is 4.65. The third kappa shape index (κ3) is 3.01. The van der Waals surface area contributed by atoms with Gasteiger partial charge in [-0.25, -0.2) is 9.59 Å². The second-order valence-electron chi connectivity index (χ2n) is 4.65. The highest BCUT2D eigenvalue weighted by atomic mass is 16.5. The van der Waals surface area contributed by atoms with Gasteiger partial charge in [0.25, 0.3) is 0 Å². The Morgan fingerprint density at radius 3 is 2.67 bits per heavy atom. The summed E-state index contributed by atoms with van der Waals surface area (Å²) in [6.45, 7) is 8.04. The number of amides is 2. The van der Waals surface area contributed by atoms with Gasteiger partial charge >= 0.3 is 12.0 Å². The van der Waals surface area contributed by atoms with Crippen LogP contribution in [0.25, 0.3) is 0 Å². The van der Waals surface area contributed by atoms with Crippen LogP contribution in [0.1, 0.15) is 20.3 Å². The second kappa shape index (κ2) is 5.86. The predicted molar refractivity (Wildman–Crippen MR) is 66.4 cm³/mol. The molecule has 0 saturated carbocycles. The first kappa shape index (κ1) is 14.5. The maximum absolute atomic E-state index is 12.1. The number of carbonyl (C=O) groups is 2. The standard InChI is InChI=1S/C12H20N2O4/c1-4-6-14(9(2)3)11(17)13-12(10(15)16)5-7-18-8-12/h4,9H,1,5-8H2,2-3H3,(H,13,17)(H,15,16). The Balaban J connectivity index is 2.77. The van der Waals surface area contributed by atoms with Crippen molar-refractivity contribution >= 4 is 12.0 Å². The Morgan fingerprint density at radius 1 is 1.61 bits per heavy atom. The van der Waals surface area contributed by atoms with Crippen molar-refractivity contribution in [2.75, 3.05) is 19.8 Å². The molecular formula is C12H20N2O4. The Bertz CT molecular complexity index is 335. The van der Waals surface area contributed by atoms with Crippen LogP contribution in [0.5, 0.6) is 0 Å². The molecule has 1 aliphatic rings. The Morgan fingerprint density at radius 2 is 2.28 bits per heavy atom. The molecule has 0 bridgehead atoms. The predicted octanol–water partition coefficient (Wildman–Crippen LogP) is 0.836. The van der Waals surface area contributed by atoms with Crippen molar-refractivity contribution in [3.63, 3.8) is 0 Å². The van der Waals surface area contributed by atoms with Crippen LogP contribution in [0.3, 0.4) is 0 Å². The Kier molecular flexibility index (Phi) is 4.72. The lowest BCUT2D eigenvalue weighted by molar-refractivity contribution is -0.144. The lowest BCUT2D eigenvalue weighted by atomic mass is 9.99. The van der Waals surface area contributed by atoms with Crippen LogP contribution < -0.4 is 5.32 Å². The first-order chi connectivity index (χ1) is 8.43. The quantitative estimate of drug-likeness (QED) is 0.714. The highest BCUT2D eigenvalue weighted by Gasteiger charge is 2.44. The number of rotatable bonds is 5.